The van der Waals surface area contributed by atoms with Crippen molar-refractivity contribution in [2.75, 3.05) is 0 Å². The van der Waals surface area contributed by atoms with E-state index >= 15 is 0 Å². The highest BCUT2D eigenvalue weighted by molar-refractivity contribution is 5.95. The highest BCUT2D eigenvalue weighted by Gasteiger charge is 2.16. The zero-order chi connectivity index (χ0) is 17.9. The molecule has 0 aliphatic carbocycles. The van der Waals surface area contributed by atoms with Gasteiger partial charge in [0.1, 0.15) is 0 Å². The zero-order valence-electron chi connectivity index (χ0n) is 15.4. The van der Waals surface area contributed by atoms with Crippen LogP contribution in [0.4, 0.5) is 0 Å². The van der Waals surface area contributed by atoms with Crippen molar-refractivity contribution in [1.29, 1.82) is 0 Å². The van der Waals surface area contributed by atoms with Crippen molar-refractivity contribution < 1.29 is 26.3 Å². The van der Waals surface area contributed by atoms with Crippen LogP contribution in [0.1, 0.15) is 36.7 Å². The molecule has 0 amide bonds. The van der Waals surface area contributed by atoms with Crippen LogP contribution in [0.15, 0.2) is 79.1 Å². The van der Waals surface area contributed by atoms with E-state index in [1.54, 1.807) is 0 Å². The topological polar surface area (TPSA) is 20.9 Å². The lowest BCUT2D eigenvalue weighted by atomic mass is 9.88. The Hall–Kier alpha value is -2.26. The van der Waals surface area contributed by atoms with Crippen LogP contribution in [0.2, 0.25) is 0 Å². The second-order valence-electron chi connectivity index (χ2n) is 7.38. The number of rotatable bonds is 4. The summed E-state index contributed by atoms with van der Waals surface area (Å²) >= 11 is 0. The summed E-state index contributed by atoms with van der Waals surface area (Å²) in [5.74, 6) is 0.119. The van der Waals surface area contributed by atoms with Gasteiger partial charge in [-0.3, -0.25) is 4.79 Å². The van der Waals surface area contributed by atoms with Gasteiger partial charge in [0.25, 0.3) is 0 Å². The minimum Gasteiger partial charge on any atom is -1.00 e. The molecule has 0 fully saturated rings. The van der Waals surface area contributed by atoms with Gasteiger partial charge in [0, 0.05) is 17.7 Å². The number of benzene rings is 2. The van der Waals surface area contributed by atoms with Gasteiger partial charge in [0.15, 0.2) is 12.4 Å². The van der Waals surface area contributed by atoms with Crippen molar-refractivity contribution in [3.05, 3.63) is 90.3 Å². The van der Waals surface area contributed by atoms with Crippen molar-refractivity contribution in [3.8, 4) is 11.1 Å². The number of halogens is 1. The van der Waals surface area contributed by atoms with Crippen molar-refractivity contribution >= 4 is 5.78 Å². The first-order valence-electron chi connectivity index (χ1n) is 8.62. The molecule has 3 heteroatoms. The van der Waals surface area contributed by atoms with Crippen molar-refractivity contribution in [1.82, 2.24) is 0 Å². The van der Waals surface area contributed by atoms with Gasteiger partial charge in [-0.25, -0.2) is 0 Å². The molecule has 0 saturated heterocycles. The average Bonchev–Trinajstić information content (AvgIpc) is 2.62. The molecule has 3 rings (SSSR count). The maximum atomic E-state index is 12.5. The normalized spacial score (nSPS) is 10.9. The van der Waals surface area contributed by atoms with Gasteiger partial charge < -0.3 is 17.0 Å². The maximum Gasteiger partial charge on any atom is 0.227 e. The van der Waals surface area contributed by atoms with Crippen LogP contribution in [-0.2, 0) is 12.0 Å². The first kappa shape index (κ1) is 20.1. The monoisotopic (exact) mass is 409 g/mol. The third kappa shape index (κ3) is 4.89. The van der Waals surface area contributed by atoms with Crippen LogP contribution in [0.5, 0.6) is 0 Å². The Labute approximate surface area is 166 Å². The second-order valence-corrected chi connectivity index (χ2v) is 7.38. The first-order valence-corrected chi connectivity index (χ1v) is 8.62. The number of pyridine rings is 1. The lowest BCUT2D eigenvalue weighted by Crippen LogP contribution is -3.00. The fourth-order valence-electron chi connectivity index (χ4n) is 2.80. The number of carbonyl (C=O) groups is 1. The van der Waals surface area contributed by atoms with Gasteiger partial charge in [-0.15, -0.1) is 0 Å². The minimum absolute atomic E-state index is 0. The summed E-state index contributed by atoms with van der Waals surface area (Å²) in [5.41, 5.74) is 4.42. The molecular formula is C23H24BrNO. The van der Waals surface area contributed by atoms with E-state index in [1.807, 2.05) is 59.4 Å². The van der Waals surface area contributed by atoms with Crippen LogP contribution in [0.25, 0.3) is 11.1 Å². The molecule has 0 unspecified atom stereocenters. The summed E-state index contributed by atoms with van der Waals surface area (Å²) in [6, 6.07) is 22.2. The molecule has 0 saturated carbocycles. The summed E-state index contributed by atoms with van der Waals surface area (Å²) in [7, 11) is 0. The van der Waals surface area contributed by atoms with Gasteiger partial charge in [-0.05, 0) is 22.1 Å². The number of carbonyl (C=O) groups excluding carboxylic acids is 1. The van der Waals surface area contributed by atoms with Crippen molar-refractivity contribution in [2.24, 2.45) is 0 Å². The number of nitrogens with zero attached hydrogens (tertiary/aromatic N) is 1. The van der Waals surface area contributed by atoms with Crippen LogP contribution in [0, 0.1) is 0 Å². The quantitative estimate of drug-likeness (QED) is 0.475. The summed E-state index contributed by atoms with van der Waals surface area (Å²) < 4.78 is 1.93. The Bertz CT molecular complexity index is 847. The molecular weight excluding hydrogens is 386 g/mol. The molecule has 0 aliphatic heterocycles. The average molecular weight is 410 g/mol. The molecule has 2 nitrogen and oxygen atoms in total. The van der Waals surface area contributed by atoms with Gasteiger partial charge in [0.2, 0.25) is 12.3 Å². The fraction of sp³-hybridized carbons (Fsp3) is 0.217. The van der Waals surface area contributed by atoms with Gasteiger partial charge >= 0.3 is 0 Å². The lowest BCUT2D eigenvalue weighted by Gasteiger charge is -2.17. The lowest BCUT2D eigenvalue weighted by molar-refractivity contribution is -0.683. The molecule has 3 aromatic rings. The molecule has 0 bridgehead atoms. The largest absolute Gasteiger partial charge is 1.00 e. The number of Topliss-reactive ketones (excluding diaryl/α,β-unsaturated/α-hetero) is 1. The van der Waals surface area contributed by atoms with Gasteiger partial charge in [-0.1, -0.05) is 75.4 Å². The van der Waals surface area contributed by atoms with E-state index in [-0.39, 0.29) is 28.2 Å². The smallest absolute Gasteiger partial charge is 0.227 e. The fourth-order valence-corrected chi connectivity index (χ4v) is 2.80. The molecule has 0 aliphatic rings. The van der Waals surface area contributed by atoms with Gasteiger partial charge in [0.05, 0.1) is 0 Å². The van der Waals surface area contributed by atoms with E-state index in [1.165, 1.54) is 5.56 Å². The van der Waals surface area contributed by atoms with E-state index in [4.69, 9.17) is 0 Å². The number of aromatic nitrogens is 1. The standard InChI is InChI=1S/C23H24NO.BrH/c1-23(2,3)21-13-15-24(16-14-21)17-22(25)20-11-9-19(10-12-20)18-7-5-4-6-8-18;/h4-16H,17H2,1-3H3;1H/q+1;/p-1. The summed E-state index contributed by atoms with van der Waals surface area (Å²) in [5, 5.41) is 0. The van der Waals surface area contributed by atoms with E-state index in [0.29, 0.717) is 6.54 Å². The highest BCUT2D eigenvalue weighted by atomic mass is 79.9. The Morgan fingerprint density at radius 3 is 1.88 bits per heavy atom. The van der Waals surface area contributed by atoms with Crippen molar-refractivity contribution in [2.45, 2.75) is 32.7 Å². The molecule has 134 valence electrons. The SMILES string of the molecule is CC(C)(C)c1cc[n+](CC(=O)c2ccc(-c3ccccc3)cc2)cc1.[Br-]. The molecule has 0 atom stereocenters. The third-order valence-electron chi connectivity index (χ3n) is 4.40. The number of ketones is 1. The Morgan fingerprint density at radius 1 is 0.808 bits per heavy atom. The highest BCUT2D eigenvalue weighted by Crippen LogP contribution is 2.21. The Kier molecular flexibility index (Phi) is 6.49. The zero-order valence-corrected chi connectivity index (χ0v) is 17.0. The molecule has 26 heavy (non-hydrogen) atoms. The van der Waals surface area contributed by atoms with E-state index in [9.17, 15) is 4.79 Å². The van der Waals surface area contributed by atoms with Crippen LogP contribution in [0.3, 0.4) is 0 Å². The maximum absolute atomic E-state index is 12.5. The van der Waals surface area contributed by atoms with E-state index < -0.39 is 0 Å². The Balaban J connectivity index is 0.00000243. The van der Waals surface area contributed by atoms with Crippen LogP contribution >= 0.6 is 0 Å². The van der Waals surface area contributed by atoms with Crippen LogP contribution < -0.4 is 21.5 Å². The van der Waals surface area contributed by atoms with Crippen LogP contribution in [-0.4, -0.2) is 5.78 Å². The second kappa shape index (κ2) is 8.41. The summed E-state index contributed by atoms with van der Waals surface area (Å²) in [6.45, 7) is 6.92. The molecule has 2 aromatic carbocycles. The van der Waals surface area contributed by atoms with E-state index in [2.05, 4.69) is 45.0 Å². The molecule has 1 aromatic heterocycles. The predicted octanol–water partition coefficient (Wildman–Crippen LogP) is 1.83. The molecule has 0 spiro atoms. The number of hydrogen-bond acceptors (Lipinski definition) is 1. The molecule has 1 heterocycles. The van der Waals surface area contributed by atoms with Gasteiger partial charge in [-0.2, -0.15) is 4.57 Å². The van der Waals surface area contributed by atoms with E-state index in [0.717, 1.165) is 16.7 Å². The molecule has 0 radical (unpaired) electrons. The first-order chi connectivity index (χ1) is 11.9. The summed E-state index contributed by atoms with van der Waals surface area (Å²) in [4.78, 5) is 12.5. The number of hydrogen-bond donors (Lipinski definition) is 0. The third-order valence-corrected chi connectivity index (χ3v) is 4.40. The Morgan fingerprint density at radius 2 is 1.35 bits per heavy atom. The summed E-state index contributed by atoms with van der Waals surface area (Å²) in [6.07, 6.45) is 3.97. The minimum atomic E-state index is 0. The predicted molar refractivity (Wildman–Crippen MR) is 102 cm³/mol. The van der Waals surface area contributed by atoms with Crippen molar-refractivity contribution in [3.63, 3.8) is 0 Å². The molecule has 0 N–H and O–H groups in total.